The second-order valence-electron chi connectivity index (χ2n) is 4.27. The van der Waals surface area contributed by atoms with E-state index in [1.807, 2.05) is 6.92 Å². The predicted octanol–water partition coefficient (Wildman–Crippen LogP) is 0.162. The number of amides is 1. The van der Waals surface area contributed by atoms with Crippen LogP contribution in [-0.4, -0.2) is 57.3 Å². The molecule has 1 aliphatic rings. The number of hydroxylamine groups is 2. The highest BCUT2D eigenvalue weighted by atomic mass is 16.5. The second-order valence-corrected chi connectivity index (χ2v) is 4.27. The standard InChI is InChI=1S/C10H18N2O4/c1-7-3-4-9(12(16)8(2)13)5-11(7)6-10(14)15/h7,9,16H,3-6H2,1-2H3,(H,14,15)/t7-,9?/m1/s1. The summed E-state index contributed by atoms with van der Waals surface area (Å²) in [4.78, 5) is 23.4. The summed E-state index contributed by atoms with van der Waals surface area (Å²) in [6.45, 7) is 3.60. The summed E-state index contributed by atoms with van der Waals surface area (Å²) in [5.41, 5.74) is 0. The highest BCUT2D eigenvalue weighted by molar-refractivity contribution is 5.72. The number of aliphatic carboxylic acids is 1. The van der Waals surface area contributed by atoms with Crippen LogP contribution in [0.15, 0.2) is 0 Å². The van der Waals surface area contributed by atoms with Gasteiger partial charge in [-0.25, -0.2) is 5.06 Å². The number of carbonyl (C=O) groups excluding carboxylic acids is 1. The molecular formula is C10H18N2O4. The van der Waals surface area contributed by atoms with Gasteiger partial charge in [-0.05, 0) is 19.8 Å². The van der Waals surface area contributed by atoms with E-state index in [1.54, 1.807) is 4.90 Å². The van der Waals surface area contributed by atoms with Crippen LogP contribution in [0.4, 0.5) is 0 Å². The third-order valence-electron chi connectivity index (χ3n) is 2.99. The molecule has 0 aliphatic carbocycles. The zero-order valence-electron chi connectivity index (χ0n) is 9.59. The lowest BCUT2D eigenvalue weighted by molar-refractivity contribution is -0.179. The predicted molar refractivity (Wildman–Crippen MR) is 56.0 cm³/mol. The molecule has 0 spiro atoms. The molecule has 1 amide bonds. The minimum Gasteiger partial charge on any atom is -0.480 e. The molecule has 2 N–H and O–H groups in total. The number of likely N-dealkylation sites (tertiary alicyclic amines) is 1. The van der Waals surface area contributed by atoms with Crippen LogP contribution in [0.3, 0.4) is 0 Å². The van der Waals surface area contributed by atoms with Gasteiger partial charge in [0.05, 0.1) is 12.6 Å². The third kappa shape index (κ3) is 3.18. The maximum Gasteiger partial charge on any atom is 0.317 e. The van der Waals surface area contributed by atoms with Crippen LogP contribution in [-0.2, 0) is 9.59 Å². The van der Waals surface area contributed by atoms with Gasteiger partial charge in [0, 0.05) is 19.5 Å². The Balaban J connectivity index is 2.59. The Morgan fingerprint density at radius 3 is 2.56 bits per heavy atom. The summed E-state index contributed by atoms with van der Waals surface area (Å²) in [6.07, 6.45) is 1.48. The van der Waals surface area contributed by atoms with Crippen LogP contribution < -0.4 is 0 Å². The summed E-state index contributed by atoms with van der Waals surface area (Å²) in [5.74, 6) is -1.30. The van der Waals surface area contributed by atoms with Gasteiger partial charge < -0.3 is 5.11 Å². The van der Waals surface area contributed by atoms with Crippen molar-refractivity contribution in [2.24, 2.45) is 0 Å². The summed E-state index contributed by atoms with van der Waals surface area (Å²) in [6, 6.07) is -0.124. The summed E-state index contributed by atoms with van der Waals surface area (Å²) in [5, 5.41) is 18.9. The van der Waals surface area contributed by atoms with Gasteiger partial charge in [-0.15, -0.1) is 0 Å². The van der Waals surface area contributed by atoms with Crippen LogP contribution in [0.25, 0.3) is 0 Å². The van der Waals surface area contributed by atoms with E-state index >= 15 is 0 Å². The lowest BCUT2D eigenvalue weighted by atomic mass is 9.99. The SMILES string of the molecule is CC(=O)N(O)C1CC[C@@H](C)N(CC(=O)O)C1. The molecule has 1 fully saturated rings. The van der Waals surface area contributed by atoms with Crippen molar-refractivity contribution < 1.29 is 19.9 Å². The minimum atomic E-state index is -0.889. The van der Waals surface area contributed by atoms with Gasteiger partial charge in [-0.1, -0.05) is 0 Å². The van der Waals surface area contributed by atoms with Gasteiger partial charge in [-0.3, -0.25) is 19.7 Å². The molecular weight excluding hydrogens is 212 g/mol. The Bertz CT molecular complexity index is 282. The van der Waals surface area contributed by atoms with Crippen molar-refractivity contribution in [2.75, 3.05) is 13.1 Å². The molecule has 1 unspecified atom stereocenters. The van der Waals surface area contributed by atoms with Gasteiger partial charge in [0.1, 0.15) is 0 Å². The van der Waals surface area contributed by atoms with Gasteiger partial charge in [0.25, 0.3) is 0 Å². The number of rotatable bonds is 3. The van der Waals surface area contributed by atoms with Crippen molar-refractivity contribution in [2.45, 2.75) is 38.8 Å². The first-order chi connectivity index (χ1) is 7.41. The zero-order valence-corrected chi connectivity index (χ0v) is 9.59. The van der Waals surface area contributed by atoms with E-state index in [1.165, 1.54) is 6.92 Å². The summed E-state index contributed by atoms with van der Waals surface area (Å²) < 4.78 is 0. The normalized spacial score (nSPS) is 26.4. The van der Waals surface area contributed by atoms with Gasteiger partial charge in [-0.2, -0.15) is 0 Å². The average Bonchev–Trinajstić information content (AvgIpc) is 2.19. The van der Waals surface area contributed by atoms with Crippen LogP contribution in [0.2, 0.25) is 0 Å². The molecule has 0 saturated carbocycles. The van der Waals surface area contributed by atoms with Crippen molar-refractivity contribution in [3.05, 3.63) is 0 Å². The van der Waals surface area contributed by atoms with Crippen molar-refractivity contribution in [3.8, 4) is 0 Å². The third-order valence-corrected chi connectivity index (χ3v) is 2.99. The van der Waals surface area contributed by atoms with Crippen molar-refractivity contribution in [3.63, 3.8) is 0 Å². The first-order valence-electron chi connectivity index (χ1n) is 5.36. The quantitative estimate of drug-likeness (QED) is 0.533. The van der Waals surface area contributed by atoms with E-state index in [2.05, 4.69) is 0 Å². The van der Waals surface area contributed by atoms with E-state index in [4.69, 9.17) is 5.11 Å². The zero-order chi connectivity index (χ0) is 12.3. The van der Waals surface area contributed by atoms with Gasteiger partial charge in [0.2, 0.25) is 5.91 Å². The fourth-order valence-electron chi connectivity index (χ4n) is 2.01. The lowest BCUT2D eigenvalue weighted by Crippen LogP contribution is -2.52. The Morgan fingerprint density at radius 2 is 2.06 bits per heavy atom. The number of hydrogen-bond acceptors (Lipinski definition) is 4. The molecule has 0 aromatic heterocycles. The van der Waals surface area contributed by atoms with Crippen LogP contribution in [0.5, 0.6) is 0 Å². The van der Waals surface area contributed by atoms with E-state index in [-0.39, 0.29) is 18.6 Å². The molecule has 0 bridgehead atoms. The van der Waals surface area contributed by atoms with Crippen molar-refractivity contribution in [1.82, 2.24) is 9.96 Å². The highest BCUT2D eigenvalue weighted by Gasteiger charge is 2.30. The molecule has 1 saturated heterocycles. The lowest BCUT2D eigenvalue weighted by Gasteiger charge is -2.39. The molecule has 6 nitrogen and oxygen atoms in total. The maximum absolute atomic E-state index is 11.0. The monoisotopic (exact) mass is 230 g/mol. The number of hydrogen-bond donors (Lipinski definition) is 2. The van der Waals surface area contributed by atoms with E-state index in [0.29, 0.717) is 18.0 Å². The number of carboxylic acid groups (broad SMARTS) is 1. The van der Waals surface area contributed by atoms with Crippen LogP contribution >= 0.6 is 0 Å². The smallest absolute Gasteiger partial charge is 0.317 e. The van der Waals surface area contributed by atoms with E-state index in [9.17, 15) is 14.8 Å². The van der Waals surface area contributed by atoms with E-state index < -0.39 is 11.9 Å². The molecule has 92 valence electrons. The topological polar surface area (TPSA) is 81.1 Å². The van der Waals surface area contributed by atoms with Crippen LogP contribution in [0.1, 0.15) is 26.7 Å². The molecule has 0 aromatic rings. The molecule has 6 heteroatoms. The fraction of sp³-hybridized carbons (Fsp3) is 0.800. The largest absolute Gasteiger partial charge is 0.480 e. The Hall–Kier alpha value is -1.14. The first-order valence-corrected chi connectivity index (χ1v) is 5.36. The maximum atomic E-state index is 11.0. The minimum absolute atomic E-state index is 0.0522. The molecule has 0 aromatic carbocycles. The van der Waals surface area contributed by atoms with Gasteiger partial charge >= 0.3 is 5.97 Å². The Kier molecular flexibility index (Phi) is 4.26. The van der Waals surface area contributed by atoms with E-state index in [0.717, 1.165) is 6.42 Å². The number of carboxylic acids is 1. The summed E-state index contributed by atoms with van der Waals surface area (Å²) in [7, 11) is 0. The molecule has 2 atom stereocenters. The molecule has 1 heterocycles. The number of piperidine rings is 1. The fourth-order valence-corrected chi connectivity index (χ4v) is 2.01. The Labute approximate surface area is 94.4 Å². The number of carbonyl (C=O) groups is 2. The Morgan fingerprint density at radius 1 is 1.44 bits per heavy atom. The molecule has 1 aliphatic heterocycles. The highest BCUT2D eigenvalue weighted by Crippen LogP contribution is 2.19. The molecule has 0 radical (unpaired) electrons. The summed E-state index contributed by atoms with van der Waals surface area (Å²) >= 11 is 0. The van der Waals surface area contributed by atoms with Crippen molar-refractivity contribution >= 4 is 11.9 Å². The molecule has 1 rings (SSSR count). The second kappa shape index (κ2) is 5.27. The first kappa shape index (κ1) is 12.9. The van der Waals surface area contributed by atoms with Gasteiger partial charge in [0.15, 0.2) is 0 Å². The molecule has 16 heavy (non-hydrogen) atoms. The van der Waals surface area contributed by atoms with Crippen molar-refractivity contribution in [1.29, 1.82) is 0 Å². The van der Waals surface area contributed by atoms with Crippen LogP contribution in [0, 0.1) is 0 Å². The number of nitrogens with zero attached hydrogens (tertiary/aromatic N) is 2. The average molecular weight is 230 g/mol.